The van der Waals surface area contributed by atoms with Crippen LogP contribution in [0.4, 0.5) is 0 Å². The van der Waals surface area contributed by atoms with Crippen molar-refractivity contribution in [2.75, 3.05) is 6.61 Å². The van der Waals surface area contributed by atoms with Gasteiger partial charge in [-0.15, -0.1) is 0 Å². The molecule has 0 saturated heterocycles. The Kier molecular flexibility index (Phi) is 7.69. The number of carbonyl (C=O) groups excluding carboxylic acids is 2. The predicted molar refractivity (Wildman–Crippen MR) is 107 cm³/mol. The van der Waals surface area contributed by atoms with E-state index in [1.165, 1.54) is 43.5 Å². The normalized spacial score (nSPS) is 12.3. The highest BCUT2D eigenvalue weighted by atomic mass is 32.2. The highest BCUT2D eigenvalue weighted by Crippen LogP contribution is 2.13. The summed E-state index contributed by atoms with van der Waals surface area (Å²) in [6.45, 7) is 0.807. The number of esters is 1. The fourth-order valence-corrected chi connectivity index (χ4v) is 3.21. The average Bonchev–Trinajstić information content (AvgIpc) is 3.23. The van der Waals surface area contributed by atoms with Gasteiger partial charge in [-0.2, -0.15) is 5.26 Å². The Morgan fingerprint density at radius 2 is 1.97 bits per heavy atom. The van der Waals surface area contributed by atoms with Crippen molar-refractivity contribution in [1.82, 2.24) is 4.72 Å². The van der Waals surface area contributed by atoms with Crippen molar-refractivity contribution >= 4 is 27.9 Å². The number of Topliss-reactive ketones (excluding diaryl/α,β-unsaturated/α-hetero) is 1. The van der Waals surface area contributed by atoms with Crippen molar-refractivity contribution in [2.24, 2.45) is 5.73 Å². The van der Waals surface area contributed by atoms with Gasteiger partial charge in [0.25, 0.3) is 0 Å². The lowest BCUT2D eigenvalue weighted by molar-refractivity contribution is -0.141. The van der Waals surface area contributed by atoms with Gasteiger partial charge in [-0.3, -0.25) is 4.79 Å². The summed E-state index contributed by atoms with van der Waals surface area (Å²) in [7, 11) is -3.72. The van der Waals surface area contributed by atoms with E-state index >= 15 is 0 Å². The Hall–Kier alpha value is -3.68. The quantitative estimate of drug-likeness (QED) is 0.347. The van der Waals surface area contributed by atoms with Crippen molar-refractivity contribution in [2.45, 2.75) is 18.4 Å². The molecule has 1 aromatic carbocycles. The van der Waals surface area contributed by atoms with Crippen LogP contribution in [-0.2, 0) is 30.9 Å². The molecule has 0 aliphatic rings. The molecule has 0 radical (unpaired) electrons. The Morgan fingerprint density at radius 3 is 2.53 bits per heavy atom. The molecule has 3 N–H and O–H groups in total. The molecule has 0 bridgehead atoms. The number of allylic oxidation sites excluding steroid dienone is 1. The number of sulfonamides is 1. The predicted octanol–water partition coefficient (Wildman–Crippen LogP) is 1.64. The third-order valence-electron chi connectivity index (χ3n) is 3.75. The number of nitriles is 1. The van der Waals surface area contributed by atoms with Gasteiger partial charge in [-0.25, -0.2) is 17.9 Å². The van der Waals surface area contributed by atoms with Crippen molar-refractivity contribution in [3.63, 3.8) is 0 Å². The zero-order chi connectivity index (χ0) is 22.1. The highest BCUT2D eigenvalue weighted by Gasteiger charge is 2.15. The van der Waals surface area contributed by atoms with Crippen molar-refractivity contribution in [1.29, 1.82) is 5.26 Å². The monoisotopic (exact) mass is 429 g/mol. The van der Waals surface area contributed by atoms with Crippen LogP contribution < -0.4 is 10.5 Å². The maximum absolute atomic E-state index is 12.3. The first-order valence-corrected chi connectivity index (χ1v) is 10.1. The van der Waals surface area contributed by atoms with Crippen LogP contribution in [0.5, 0.6) is 0 Å². The summed E-state index contributed by atoms with van der Waals surface area (Å²) >= 11 is 0. The molecule has 0 spiro atoms. The zero-order valence-corrected chi connectivity index (χ0v) is 16.8. The van der Waals surface area contributed by atoms with E-state index in [-0.39, 0.29) is 22.7 Å². The number of nitrogens with one attached hydrogen (secondary N) is 1. The maximum Gasteiger partial charge on any atom is 0.331 e. The summed E-state index contributed by atoms with van der Waals surface area (Å²) in [4.78, 5) is 23.5. The van der Waals surface area contributed by atoms with E-state index < -0.39 is 28.4 Å². The van der Waals surface area contributed by atoms with Gasteiger partial charge in [-0.05, 0) is 42.8 Å². The molecule has 0 fully saturated rings. The summed E-state index contributed by atoms with van der Waals surface area (Å²) in [5.74, 6) is -1.02. The number of carbonyl (C=O) groups is 2. The topological polar surface area (TPSA) is 152 Å². The number of benzene rings is 1. The highest BCUT2D eigenvalue weighted by molar-refractivity contribution is 7.89. The van der Waals surface area contributed by atoms with E-state index in [9.17, 15) is 18.0 Å². The fraction of sp³-hybridized carbons (Fsp3) is 0.150. The number of ketones is 1. The van der Waals surface area contributed by atoms with E-state index in [0.717, 1.165) is 6.08 Å². The molecule has 0 aliphatic heterocycles. The number of nitrogens with zero attached hydrogens (tertiary/aromatic N) is 1. The lowest BCUT2D eigenvalue weighted by Crippen LogP contribution is -2.22. The number of ether oxygens (including phenoxy) is 1. The molecule has 0 atom stereocenters. The molecular formula is C20H19N3O6S. The summed E-state index contributed by atoms with van der Waals surface area (Å²) in [5.41, 5.74) is 5.73. The molecular weight excluding hydrogens is 410 g/mol. The molecule has 10 heteroatoms. The van der Waals surface area contributed by atoms with Crippen LogP contribution in [0.25, 0.3) is 6.08 Å². The third kappa shape index (κ3) is 6.44. The second-order valence-electron chi connectivity index (χ2n) is 6.01. The van der Waals surface area contributed by atoms with Crippen molar-refractivity contribution in [3.05, 3.63) is 71.3 Å². The Balaban J connectivity index is 1.92. The molecule has 2 aromatic rings. The minimum Gasteiger partial charge on any atom is -0.468 e. The molecule has 0 amide bonds. The SMILES string of the molecule is C/C(N)=C(/C#N)C(=O)COC(=O)/C=C/c1ccc(S(=O)(=O)NCc2ccco2)cc1. The van der Waals surface area contributed by atoms with Gasteiger partial charge >= 0.3 is 5.97 Å². The molecule has 0 aliphatic carbocycles. The first-order valence-electron chi connectivity index (χ1n) is 8.59. The van der Waals surface area contributed by atoms with E-state index in [1.807, 2.05) is 0 Å². The van der Waals surface area contributed by atoms with E-state index in [2.05, 4.69) is 4.72 Å². The standard InChI is InChI=1S/C20H19N3O6S/c1-14(22)18(11-21)19(24)13-29-20(25)9-6-15-4-7-17(8-5-15)30(26,27)23-12-16-3-2-10-28-16/h2-10,23H,12-13,22H2,1H3/b9-6+,18-14+. The summed E-state index contributed by atoms with van der Waals surface area (Å²) in [5, 5.41) is 8.83. The number of furan rings is 1. The van der Waals surface area contributed by atoms with Gasteiger partial charge in [-0.1, -0.05) is 12.1 Å². The fourth-order valence-electron chi connectivity index (χ4n) is 2.21. The van der Waals surface area contributed by atoms with Crippen LogP contribution in [0, 0.1) is 11.3 Å². The van der Waals surface area contributed by atoms with Gasteiger partial charge in [0.2, 0.25) is 15.8 Å². The maximum atomic E-state index is 12.3. The number of nitrogens with two attached hydrogens (primary N) is 1. The second-order valence-corrected chi connectivity index (χ2v) is 7.77. The Morgan fingerprint density at radius 1 is 1.27 bits per heavy atom. The number of hydrogen-bond acceptors (Lipinski definition) is 8. The summed E-state index contributed by atoms with van der Waals surface area (Å²) in [6, 6.07) is 10.7. The molecule has 9 nitrogen and oxygen atoms in total. The molecule has 156 valence electrons. The minimum atomic E-state index is -3.72. The number of rotatable bonds is 9. The first-order chi connectivity index (χ1) is 14.2. The van der Waals surface area contributed by atoms with Crippen LogP contribution in [0.1, 0.15) is 18.2 Å². The largest absolute Gasteiger partial charge is 0.468 e. The van der Waals surface area contributed by atoms with Gasteiger partial charge in [0, 0.05) is 11.8 Å². The average molecular weight is 429 g/mol. The second kappa shape index (κ2) is 10.2. The van der Waals surface area contributed by atoms with Crippen LogP contribution >= 0.6 is 0 Å². The van der Waals surface area contributed by atoms with Gasteiger partial charge in [0.15, 0.2) is 6.61 Å². The lowest BCUT2D eigenvalue weighted by atomic mass is 10.1. The van der Waals surface area contributed by atoms with Crippen molar-refractivity contribution < 1.29 is 27.2 Å². The third-order valence-corrected chi connectivity index (χ3v) is 5.17. The lowest BCUT2D eigenvalue weighted by Gasteiger charge is -2.05. The van der Waals surface area contributed by atoms with Crippen LogP contribution in [0.2, 0.25) is 0 Å². The molecule has 1 heterocycles. The van der Waals surface area contributed by atoms with Gasteiger partial charge in [0.05, 0.1) is 17.7 Å². The molecule has 0 saturated carbocycles. The van der Waals surface area contributed by atoms with Crippen molar-refractivity contribution in [3.8, 4) is 6.07 Å². The molecule has 1 aromatic heterocycles. The van der Waals surface area contributed by atoms with E-state index in [1.54, 1.807) is 18.2 Å². The van der Waals surface area contributed by atoms with E-state index in [4.69, 9.17) is 20.1 Å². The van der Waals surface area contributed by atoms with Gasteiger partial charge in [0.1, 0.15) is 17.4 Å². The molecule has 0 unspecified atom stereocenters. The Bertz CT molecular complexity index is 1100. The molecule has 30 heavy (non-hydrogen) atoms. The summed E-state index contributed by atoms with van der Waals surface area (Å²) < 4.78 is 36.8. The zero-order valence-electron chi connectivity index (χ0n) is 16.0. The van der Waals surface area contributed by atoms with Crippen LogP contribution in [0.3, 0.4) is 0 Å². The van der Waals surface area contributed by atoms with Crippen LogP contribution in [0.15, 0.2) is 69.3 Å². The van der Waals surface area contributed by atoms with E-state index in [0.29, 0.717) is 11.3 Å². The minimum absolute atomic E-state index is 0.0218. The van der Waals surface area contributed by atoms with Crippen LogP contribution in [-0.4, -0.2) is 26.8 Å². The molecule has 2 rings (SSSR count). The Labute approximate surface area is 173 Å². The first kappa shape index (κ1) is 22.6. The smallest absolute Gasteiger partial charge is 0.331 e. The number of hydrogen-bond donors (Lipinski definition) is 2. The van der Waals surface area contributed by atoms with Gasteiger partial charge < -0.3 is 14.9 Å². The summed E-state index contributed by atoms with van der Waals surface area (Å²) in [6.07, 6.45) is 3.93.